The van der Waals surface area contributed by atoms with Gasteiger partial charge in [-0.05, 0) is 48.2 Å². The smallest absolute Gasteiger partial charge is 0.314 e. The van der Waals surface area contributed by atoms with E-state index in [1.54, 1.807) is 12.1 Å². The lowest BCUT2D eigenvalue weighted by atomic mass is 10.1. The van der Waals surface area contributed by atoms with Crippen molar-refractivity contribution in [3.05, 3.63) is 48.5 Å². The Balaban J connectivity index is 1.78. The van der Waals surface area contributed by atoms with E-state index in [2.05, 4.69) is 6.92 Å². The lowest BCUT2D eigenvalue weighted by molar-refractivity contribution is -0.138. The zero-order valence-corrected chi connectivity index (χ0v) is 19.2. The van der Waals surface area contributed by atoms with E-state index >= 15 is 0 Å². The zero-order chi connectivity index (χ0) is 22.5. The second-order valence-electron chi connectivity index (χ2n) is 8.12. The summed E-state index contributed by atoms with van der Waals surface area (Å²) >= 11 is 0. The first-order valence-electron chi connectivity index (χ1n) is 11.7. The summed E-state index contributed by atoms with van der Waals surface area (Å²) in [5, 5.41) is 0. The van der Waals surface area contributed by atoms with Crippen molar-refractivity contribution in [1.82, 2.24) is 0 Å². The van der Waals surface area contributed by atoms with Crippen LogP contribution in [0.15, 0.2) is 48.5 Å². The molecule has 0 aliphatic heterocycles. The van der Waals surface area contributed by atoms with E-state index in [4.69, 9.17) is 9.47 Å². The van der Waals surface area contributed by atoms with Crippen molar-refractivity contribution in [2.45, 2.75) is 78.6 Å². The highest BCUT2D eigenvalue weighted by molar-refractivity contribution is 5.75. The van der Waals surface area contributed by atoms with Gasteiger partial charge in [0.15, 0.2) is 0 Å². The first-order valence-corrected chi connectivity index (χ1v) is 11.7. The molecule has 4 heteroatoms. The maximum absolute atomic E-state index is 12.0. The summed E-state index contributed by atoms with van der Waals surface area (Å²) in [4.78, 5) is 23.9. The van der Waals surface area contributed by atoms with Crippen molar-refractivity contribution in [2.75, 3.05) is 0 Å². The van der Waals surface area contributed by atoms with Crippen molar-refractivity contribution >= 4 is 11.9 Å². The molecule has 0 aromatic heterocycles. The van der Waals surface area contributed by atoms with E-state index in [-0.39, 0.29) is 17.9 Å². The molecule has 0 heterocycles. The summed E-state index contributed by atoms with van der Waals surface area (Å²) in [5.41, 5.74) is 2.01. The molecule has 31 heavy (non-hydrogen) atoms. The van der Waals surface area contributed by atoms with Crippen molar-refractivity contribution in [1.29, 1.82) is 0 Å². The Bertz CT molecular complexity index is 793. The third-order valence-corrected chi connectivity index (χ3v) is 5.49. The fraction of sp³-hybridized carbons (Fsp3) is 0.481. The Labute approximate surface area is 187 Å². The molecule has 0 N–H and O–H groups in total. The number of rotatable bonds is 13. The van der Waals surface area contributed by atoms with Gasteiger partial charge in [-0.2, -0.15) is 0 Å². The molecule has 2 rings (SSSR count). The van der Waals surface area contributed by atoms with Crippen LogP contribution in [0.5, 0.6) is 11.5 Å². The van der Waals surface area contributed by atoms with Crippen LogP contribution < -0.4 is 9.47 Å². The van der Waals surface area contributed by atoms with Crippen molar-refractivity contribution in [3.63, 3.8) is 0 Å². The first-order chi connectivity index (χ1) is 15.0. The van der Waals surface area contributed by atoms with Gasteiger partial charge in [0.05, 0.1) is 5.92 Å². The summed E-state index contributed by atoms with van der Waals surface area (Å²) in [5.74, 6) is 0.619. The number of hydrogen-bond donors (Lipinski definition) is 0. The van der Waals surface area contributed by atoms with E-state index in [0.717, 1.165) is 30.4 Å². The van der Waals surface area contributed by atoms with Crippen molar-refractivity contribution in [2.24, 2.45) is 5.92 Å². The Kier molecular flexibility index (Phi) is 10.8. The van der Waals surface area contributed by atoms with Crippen LogP contribution in [0.1, 0.15) is 78.6 Å². The second kappa shape index (κ2) is 13.6. The predicted molar refractivity (Wildman–Crippen MR) is 125 cm³/mol. The SMILES string of the molecule is CCCCCCCCCC(=O)Oc1ccc(-c2ccc(OC(=O)C(C)CC)cc2)cc1. The van der Waals surface area contributed by atoms with Gasteiger partial charge in [-0.3, -0.25) is 9.59 Å². The summed E-state index contributed by atoms with van der Waals surface area (Å²) < 4.78 is 10.8. The number of hydrogen-bond acceptors (Lipinski definition) is 4. The molecule has 2 aromatic rings. The Morgan fingerprint density at radius 1 is 0.710 bits per heavy atom. The number of benzene rings is 2. The van der Waals surface area contributed by atoms with Crippen LogP contribution in [0, 0.1) is 5.92 Å². The van der Waals surface area contributed by atoms with E-state index in [1.807, 2.05) is 50.2 Å². The molecule has 0 saturated heterocycles. The molecular formula is C27H36O4. The number of unbranched alkanes of at least 4 members (excludes halogenated alkanes) is 6. The normalized spacial score (nSPS) is 11.7. The average Bonchev–Trinajstić information content (AvgIpc) is 2.79. The maximum atomic E-state index is 12.0. The minimum absolute atomic E-state index is 0.110. The minimum atomic E-state index is -0.210. The average molecular weight is 425 g/mol. The molecule has 0 spiro atoms. The lowest BCUT2D eigenvalue weighted by Gasteiger charge is -2.10. The lowest BCUT2D eigenvalue weighted by Crippen LogP contribution is -2.16. The van der Waals surface area contributed by atoms with Gasteiger partial charge in [0.25, 0.3) is 0 Å². The van der Waals surface area contributed by atoms with E-state index in [1.165, 1.54) is 32.1 Å². The highest BCUT2D eigenvalue weighted by atomic mass is 16.5. The van der Waals surface area contributed by atoms with Gasteiger partial charge < -0.3 is 9.47 Å². The summed E-state index contributed by atoms with van der Waals surface area (Å²) in [6.45, 7) is 6.04. The van der Waals surface area contributed by atoms with Gasteiger partial charge in [-0.1, -0.05) is 83.6 Å². The summed E-state index contributed by atoms with van der Waals surface area (Å²) in [6, 6.07) is 14.9. The first kappa shape index (κ1) is 24.6. The quantitative estimate of drug-likeness (QED) is 0.192. The summed E-state index contributed by atoms with van der Waals surface area (Å²) in [7, 11) is 0. The molecule has 0 fully saturated rings. The number of esters is 2. The van der Waals surface area contributed by atoms with Gasteiger partial charge >= 0.3 is 11.9 Å². The molecule has 0 aliphatic rings. The number of carbonyl (C=O) groups is 2. The van der Waals surface area contributed by atoms with E-state index in [0.29, 0.717) is 17.9 Å². The fourth-order valence-corrected chi connectivity index (χ4v) is 3.22. The topological polar surface area (TPSA) is 52.6 Å². The highest BCUT2D eigenvalue weighted by Crippen LogP contribution is 2.25. The largest absolute Gasteiger partial charge is 0.427 e. The number of ether oxygens (including phenoxy) is 2. The Morgan fingerprint density at radius 2 is 1.19 bits per heavy atom. The molecule has 1 unspecified atom stereocenters. The molecule has 0 bridgehead atoms. The van der Waals surface area contributed by atoms with Gasteiger partial charge in [0.1, 0.15) is 11.5 Å². The van der Waals surface area contributed by atoms with Crippen LogP contribution in [0.2, 0.25) is 0 Å². The van der Waals surface area contributed by atoms with Crippen LogP contribution in [0.25, 0.3) is 11.1 Å². The van der Waals surface area contributed by atoms with Crippen LogP contribution in [0.3, 0.4) is 0 Å². The zero-order valence-electron chi connectivity index (χ0n) is 19.2. The van der Waals surface area contributed by atoms with Gasteiger partial charge in [-0.25, -0.2) is 0 Å². The molecule has 2 aromatic carbocycles. The van der Waals surface area contributed by atoms with Crippen LogP contribution >= 0.6 is 0 Å². The molecule has 168 valence electrons. The molecule has 0 radical (unpaired) electrons. The minimum Gasteiger partial charge on any atom is -0.427 e. The Morgan fingerprint density at radius 3 is 1.71 bits per heavy atom. The highest BCUT2D eigenvalue weighted by Gasteiger charge is 2.13. The van der Waals surface area contributed by atoms with Gasteiger partial charge in [0.2, 0.25) is 0 Å². The van der Waals surface area contributed by atoms with Gasteiger partial charge in [-0.15, -0.1) is 0 Å². The van der Waals surface area contributed by atoms with E-state index < -0.39 is 0 Å². The monoisotopic (exact) mass is 424 g/mol. The molecule has 1 atom stereocenters. The van der Waals surface area contributed by atoms with Crippen LogP contribution in [0.4, 0.5) is 0 Å². The van der Waals surface area contributed by atoms with Crippen LogP contribution in [-0.4, -0.2) is 11.9 Å². The van der Waals surface area contributed by atoms with E-state index in [9.17, 15) is 9.59 Å². The van der Waals surface area contributed by atoms with Crippen LogP contribution in [-0.2, 0) is 9.59 Å². The standard InChI is InChI=1S/C27H36O4/c1-4-6-7-8-9-10-11-12-26(28)30-24-17-13-22(14-18-24)23-15-19-25(20-16-23)31-27(29)21(3)5-2/h13-21H,4-12H2,1-3H3. The molecule has 0 amide bonds. The van der Waals surface area contributed by atoms with Crippen molar-refractivity contribution < 1.29 is 19.1 Å². The molecule has 0 saturated carbocycles. The third kappa shape index (κ3) is 8.95. The second-order valence-corrected chi connectivity index (χ2v) is 8.12. The maximum Gasteiger partial charge on any atom is 0.314 e. The summed E-state index contributed by atoms with van der Waals surface area (Å²) in [6.07, 6.45) is 9.48. The number of carbonyl (C=O) groups excluding carboxylic acids is 2. The molecular weight excluding hydrogens is 388 g/mol. The molecule has 4 nitrogen and oxygen atoms in total. The fourth-order valence-electron chi connectivity index (χ4n) is 3.22. The Hall–Kier alpha value is -2.62. The predicted octanol–water partition coefficient (Wildman–Crippen LogP) is 7.35. The third-order valence-electron chi connectivity index (χ3n) is 5.49. The molecule has 0 aliphatic carbocycles. The van der Waals surface area contributed by atoms with Crippen molar-refractivity contribution in [3.8, 4) is 22.6 Å². The van der Waals surface area contributed by atoms with Gasteiger partial charge in [0, 0.05) is 6.42 Å².